The van der Waals surface area contributed by atoms with Crippen molar-refractivity contribution in [1.29, 1.82) is 0 Å². The van der Waals surface area contributed by atoms with Crippen LogP contribution in [0, 0.1) is 0 Å². The first-order valence-corrected chi connectivity index (χ1v) is 3.38. The molecule has 1 aliphatic carbocycles. The summed E-state index contributed by atoms with van der Waals surface area (Å²) in [4.78, 5) is 0. The van der Waals surface area contributed by atoms with Gasteiger partial charge in [0, 0.05) is 18.6 Å². The monoisotopic (exact) mass is 128 g/mol. The molecule has 0 bridgehead atoms. The molecule has 52 valence electrons. The van der Waals surface area contributed by atoms with Crippen molar-refractivity contribution in [2.45, 2.75) is 24.0 Å². The highest BCUT2D eigenvalue weighted by molar-refractivity contribution is 5.19. The predicted molar refractivity (Wildman–Crippen MR) is 34.0 cm³/mol. The summed E-state index contributed by atoms with van der Waals surface area (Å²) in [5.74, 6) is 0. The minimum Gasteiger partial charge on any atom is -0.385 e. The zero-order valence-electron chi connectivity index (χ0n) is 5.35. The predicted octanol–water partition coefficient (Wildman–Crippen LogP) is -1.19. The molecule has 0 radical (unpaired) electrons. The molecule has 0 aromatic carbocycles. The van der Waals surface area contributed by atoms with Crippen molar-refractivity contribution < 1.29 is 5.11 Å². The molecule has 0 atom stereocenters. The molecule has 0 spiro atoms. The van der Waals surface area contributed by atoms with Crippen LogP contribution in [0.25, 0.3) is 0 Å². The van der Waals surface area contributed by atoms with Gasteiger partial charge in [-0.2, -0.15) is 0 Å². The van der Waals surface area contributed by atoms with Crippen LogP contribution in [0.15, 0.2) is 0 Å². The van der Waals surface area contributed by atoms with Gasteiger partial charge in [-0.3, -0.25) is 0 Å². The molecule has 0 aromatic rings. The lowest BCUT2D eigenvalue weighted by Crippen LogP contribution is -2.69. The van der Waals surface area contributed by atoms with Crippen LogP contribution in [-0.4, -0.2) is 29.3 Å². The minimum absolute atomic E-state index is 0.224. The van der Waals surface area contributed by atoms with E-state index in [9.17, 15) is 5.11 Å². The number of β-amino-alcohol motifs (C(OH)–C–C–N with tert-alkyl or cyclic N) is 1. The summed E-state index contributed by atoms with van der Waals surface area (Å²) < 4.78 is 0. The van der Waals surface area contributed by atoms with Gasteiger partial charge in [-0.1, -0.05) is 0 Å². The fourth-order valence-corrected chi connectivity index (χ4v) is 1.31. The van der Waals surface area contributed by atoms with Crippen LogP contribution in [-0.2, 0) is 0 Å². The quantitative estimate of drug-likeness (QED) is 0.416. The van der Waals surface area contributed by atoms with Crippen molar-refractivity contribution in [3.63, 3.8) is 0 Å². The van der Waals surface area contributed by atoms with Crippen molar-refractivity contribution in [2.75, 3.05) is 13.1 Å². The third kappa shape index (κ3) is 0.569. The maximum absolute atomic E-state index is 9.62. The Balaban J connectivity index is 2.11. The molecule has 0 amide bonds. The van der Waals surface area contributed by atoms with E-state index in [2.05, 4.69) is 5.32 Å². The van der Waals surface area contributed by atoms with Crippen LogP contribution < -0.4 is 11.1 Å². The topological polar surface area (TPSA) is 58.3 Å². The molecule has 1 saturated heterocycles. The van der Waals surface area contributed by atoms with Gasteiger partial charge in [0.1, 0.15) is 5.60 Å². The largest absolute Gasteiger partial charge is 0.385 e. The third-order valence-corrected chi connectivity index (χ3v) is 2.55. The molecule has 2 aliphatic rings. The van der Waals surface area contributed by atoms with Crippen molar-refractivity contribution in [2.24, 2.45) is 5.73 Å². The lowest BCUT2D eigenvalue weighted by Gasteiger charge is -2.42. The zero-order chi connectivity index (χ0) is 6.54. The second-order valence-electron chi connectivity index (χ2n) is 3.29. The number of hydrogen-bond acceptors (Lipinski definition) is 3. The standard InChI is InChI=1S/C6H12N2O/c7-5(1-2-5)6(9)3-8-4-6/h8-9H,1-4,7H2. The van der Waals surface area contributed by atoms with Gasteiger partial charge >= 0.3 is 0 Å². The fourth-order valence-electron chi connectivity index (χ4n) is 1.31. The van der Waals surface area contributed by atoms with Crippen LogP contribution in [0.3, 0.4) is 0 Å². The van der Waals surface area contributed by atoms with E-state index in [-0.39, 0.29) is 5.54 Å². The Bertz CT molecular complexity index is 138. The first kappa shape index (κ1) is 5.65. The highest BCUT2D eigenvalue weighted by Gasteiger charge is 2.58. The molecule has 0 unspecified atom stereocenters. The summed E-state index contributed by atoms with van der Waals surface area (Å²) in [6.07, 6.45) is 1.98. The summed E-state index contributed by atoms with van der Waals surface area (Å²) in [5, 5.41) is 12.6. The molecule has 4 N–H and O–H groups in total. The summed E-state index contributed by atoms with van der Waals surface area (Å²) in [7, 11) is 0. The van der Waals surface area contributed by atoms with E-state index < -0.39 is 5.60 Å². The van der Waals surface area contributed by atoms with Crippen molar-refractivity contribution >= 4 is 0 Å². The van der Waals surface area contributed by atoms with Crippen LogP contribution in [0.2, 0.25) is 0 Å². The molecule has 2 fully saturated rings. The highest BCUT2D eigenvalue weighted by atomic mass is 16.3. The number of rotatable bonds is 1. The van der Waals surface area contributed by atoms with Crippen LogP contribution in [0.5, 0.6) is 0 Å². The second kappa shape index (κ2) is 1.31. The number of nitrogens with one attached hydrogen (secondary N) is 1. The summed E-state index contributed by atoms with van der Waals surface area (Å²) >= 11 is 0. The Morgan fingerprint density at radius 3 is 2.00 bits per heavy atom. The van der Waals surface area contributed by atoms with Crippen molar-refractivity contribution in [1.82, 2.24) is 5.32 Å². The molecule has 2 rings (SSSR count). The molecular formula is C6H12N2O. The lowest BCUT2D eigenvalue weighted by molar-refractivity contribution is -0.0415. The molecular weight excluding hydrogens is 116 g/mol. The van der Waals surface area contributed by atoms with E-state index in [1.165, 1.54) is 0 Å². The van der Waals surface area contributed by atoms with Crippen LogP contribution in [0.1, 0.15) is 12.8 Å². The number of aliphatic hydroxyl groups is 1. The summed E-state index contributed by atoms with van der Waals surface area (Å²) in [6.45, 7) is 1.37. The number of hydrogen-bond donors (Lipinski definition) is 3. The molecule has 3 nitrogen and oxygen atoms in total. The molecule has 9 heavy (non-hydrogen) atoms. The Morgan fingerprint density at radius 1 is 1.33 bits per heavy atom. The van der Waals surface area contributed by atoms with E-state index in [4.69, 9.17) is 5.73 Å². The van der Waals surface area contributed by atoms with Crippen molar-refractivity contribution in [3.8, 4) is 0 Å². The van der Waals surface area contributed by atoms with Gasteiger partial charge in [-0.25, -0.2) is 0 Å². The molecule has 1 aliphatic heterocycles. The SMILES string of the molecule is NC1(C2(O)CNC2)CC1. The second-order valence-corrected chi connectivity index (χ2v) is 3.29. The molecule has 1 heterocycles. The normalized spacial score (nSPS) is 35.3. The van der Waals surface area contributed by atoms with Gasteiger partial charge in [-0.05, 0) is 12.8 Å². The fraction of sp³-hybridized carbons (Fsp3) is 1.00. The van der Waals surface area contributed by atoms with Crippen molar-refractivity contribution in [3.05, 3.63) is 0 Å². The number of nitrogens with two attached hydrogens (primary N) is 1. The van der Waals surface area contributed by atoms with E-state index in [1.807, 2.05) is 0 Å². The highest BCUT2D eigenvalue weighted by Crippen LogP contribution is 2.43. The van der Waals surface area contributed by atoms with Gasteiger partial charge in [-0.15, -0.1) is 0 Å². The van der Waals surface area contributed by atoms with E-state index >= 15 is 0 Å². The van der Waals surface area contributed by atoms with Gasteiger partial charge in [0.15, 0.2) is 0 Å². The average Bonchev–Trinajstić information content (AvgIpc) is 2.43. The molecule has 0 aromatic heterocycles. The van der Waals surface area contributed by atoms with Crippen LogP contribution >= 0.6 is 0 Å². The average molecular weight is 128 g/mol. The van der Waals surface area contributed by atoms with E-state index in [1.54, 1.807) is 0 Å². The minimum atomic E-state index is -0.562. The van der Waals surface area contributed by atoms with Crippen LogP contribution in [0.4, 0.5) is 0 Å². The zero-order valence-corrected chi connectivity index (χ0v) is 5.35. The lowest BCUT2D eigenvalue weighted by atomic mass is 9.86. The summed E-state index contributed by atoms with van der Waals surface area (Å²) in [5.41, 5.74) is 5.01. The Hall–Kier alpha value is -0.120. The smallest absolute Gasteiger partial charge is 0.107 e. The van der Waals surface area contributed by atoms with E-state index in [0.29, 0.717) is 13.1 Å². The maximum Gasteiger partial charge on any atom is 0.107 e. The van der Waals surface area contributed by atoms with Gasteiger partial charge in [0.2, 0.25) is 0 Å². The summed E-state index contributed by atoms with van der Waals surface area (Å²) in [6, 6.07) is 0. The first-order valence-electron chi connectivity index (χ1n) is 3.38. The van der Waals surface area contributed by atoms with E-state index in [0.717, 1.165) is 12.8 Å². The maximum atomic E-state index is 9.62. The Labute approximate surface area is 54.2 Å². The van der Waals surface area contributed by atoms with Gasteiger partial charge < -0.3 is 16.2 Å². The molecule has 3 heteroatoms. The van der Waals surface area contributed by atoms with Gasteiger partial charge in [0.25, 0.3) is 0 Å². The first-order chi connectivity index (χ1) is 4.16. The Morgan fingerprint density at radius 2 is 1.89 bits per heavy atom. The third-order valence-electron chi connectivity index (χ3n) is 2.55. The molecule has 1 saturated carbocycles. The Kier molecular flexibility index (Phi) is 0.822. The van der Waals surface area contributed by atoms with Gasteiger partial charge in [0.05, 0.1) is 0 Å².